The second kappa shape index (κ2) is 9.25. The number of carbonyl (C=O) groups is 2. The zero-order valence-electron chi connectivity index (χ0n) is 15.0. The maximum absolute atomic E-state index is 12.7. The molecule has 6 nitrogen and oxygen atoms in total. The zero-order valence-corrected chi connectivity index (χ0v) is 15.8. The van der Waals surface area contributed by atoms with Crippen LogP contribution in [0.15, 0.2) is 48.5 Å². The minimum Gasteiger partial charge on any atom is -0.382 e. The number of fused-ring (bicyclic) bond motifs is 1. The van der Waals surface area contributed by atoms with Crippen LogP contribution in [0, 0.1) is 0 Å². The minimum atomic E-state index is -0.330. The molecule has 1 heterocycles. The van der Waals surface area contributed by atoms with Gasteiger partial charge in [-0.15, -0.1) is 0 Å². The third kappa shape index (κ3) is 4.69. The van der Waals surface area contributed by atoms with Gasteiger partial charge in [-0.3, -0.25) is 9.59 Å². The van der Waals surface area contributed by atoms with Crippen molar-refractivity contribution in [3.63, 3.8) is 0 Å². The van der Waals surface area contributed by atoms with Gasteiger partial charge in [0.25, 0.3) is 11.8 Å². The van der Waals surface area contributed by atoms with Crippen LogP contribution in [0.2, 0.25) is 0 Å². The zero-order chi connectivity index (χ0) is 19.1. The van der Waals surface area contributed by atoms with E-state index in [1.54, 1.807) is 24.3 Å². The Morgan fingerprint density at radius 2 is 1.85 bits per heavy atom. The summed E-state index contributed by atoms with van der Waals surface area (Å²) in [6.07, 6.45) is 0.735. The lowest BCUT2D eigenvalue weighted by Crippen LogP contribution is -2.27. The Hall–Kier alpha value is -2.77. The predicted molar refractivity (Wildman–Crippen MR) is 107 cm³/mol. The molecule has 2 amide bonds. The molecule has 0 unspecified atom stereocenters. The summed E-state index contributed by atoms with van der Waals surface area (Å²) in [6, 6.07) is 14.5. The number of nitrogens with one attached hydrogen (secondary N) is 2. The van der Waals surface area contributed by atoms with Gasteiger partial charge < -0.3 is 15.4 Å². The summed E-state index contributed by atoms with van der Waals surface area (Å²) in [6.45, 7) is 3.71. The van der Waals surface area contributed by atoms with Crippen LogP contribution in [0.3, 0.4) is 0 Å². The van der Waals surface area contributed by atoms with Crippen molar-refractivity contribution in [2.75, 3.05) is 25.1 Å². The van der Waals surface area contributed by atoms with E-state index in [1.165, 1.54) is 11.5 Å². The van der Waals surface area contributed by atoms with Crippen LogP contribution in [0.25, 0.3) is 10.1 Å². The molecule has 0 radical (unpaired) electrons. The van der Waals surface area contributed by atoms with Crippen molar-refractivity contribution in [3.05, 3.63) is 59.8 Å². The maximum atomic E-state index is 12.7. The summed E-state index contributed by atoms with van der Waals surface area (Å²) in [5.41, 5.74) is 1.24. The molecule has 3 rings (SSSR count). The Labute approximate surface area is 161 Å². The second-order valence-electron chi connectivity index (χ2n) is 5.83. The number of carbonyl (C=O) groups excluding carboxylic acids is 2. The van der Waals surface area contributed by atoms with E-state index in [0.717, 1.165) is 16.5 Å². The first-order chi connectivity index (χ1) is 13.2. The number of benzene rings is 2. The Kier molecular flexibility index (Phi) is 6.51. The standard InChI is InChI=1S/C20H21N3O3S/c1-2-26-13-7-12-21-19(24)14-8-3-5-10-16(14)22-20(25)18-15-9-4-6-11-17(15)27-23-18/h3-6,8-11H,2,7,12-13H2,1H3,(H,21,24)(H,22,25). The topological polar surface area (TPSA) is 80.3 Å². The quantitative estimate of drug-likeness (QED) is 0.581. The van der Waals surface area contributed by atoms with Crippen molar-refractivity contribution >= 4 is 39.1 Å². The van der Waals surface area contributed by atoms with Gasteiger partial charge in [-0.05, 0) is 43.1 Å². The van der Waals surface area contributed by atoms with E-state index in [1.807, 2.05) is 31.2 Å². The Balaban J connectivity index is 1.70. The van der Waals surface area contributed by atoms with Crippen LogP contribution in [0.5, 0.6) is 0 Å². The van der Waals surface area contributed by atoms with Gasteiger partial charge in [-0.25, -0.2) is 0 Å². The first-order valence-electron chi connectivity index (χ1n) is 8.81. The molecule has 1 aromatic heterocycles. The van der Waals surface area contributed by atoms with Gasteiger partial charge >= 0.3 is 0 Å². The fourth-order valence-corrected chi connectivity index (χ4v) is 3.41. The number of anilines is 1. The fraction of sp³-hybridized carbons (Fsp3) is 0.250. The smallest absolute Gasteiger partial charge is 0.276 e. The number of ether oxygens (including phenoxy) is 1. The normalized spacial score (nSPS) is 10.7. The number of amides is 2. The monoisotopic (exact) mass is 383 g/mol. The van der Waals surface area contributed by atoms with Gasteiger partial charge in [0.05, 0.1) is 16.0 Å². The highest BCUT2D eigenvalue weighted by atomic mass is 32.1. The molecule has 2 aromatic carbocycles. The second-order valence-corrected chi connectivity index (χ2v) is 6.64. The molecule has 0 spiro atoms. The first kappa shape index (κ1) is 19.0. The first-order valence-corrected chi connectivity index (χ1v) is 9.58. The Morgan fingerprint density at radius 1 is 1.07 bits per heavy atom. The summed E-state index contributed by atoms with van der Waals surface area (Å²) in [5.74, 6) is -0.561. The van der Waals surface area contributed by atoms with Crippen LogP contribution in [-0.2, 0) is 4.74 Å². The summed E-state index contributed by atoms with van der Waals surface area (Å²) < 4.78 is 10.5. The van der Waals surface area contributed by atoms with E-state index in [9.17, 15) is 9.59 Å². The highest BCUT2D eigenvalue weighted by molar-refractivity contribution is 7.13. The van der Waals surface area contributed by atoms with Gasteiger partial charge in [0.15, 0.2) is 0 Å². The number of nitrogens with zero attached hydrogens (tertiary/aromatic N) is 1. The van der Waals surface area contributed by atoms with Crippen molar-refractivity contribution in [3.8, 4) is 0 Å². The van der Waals surface area contributed by atoms with E-state index < -0.39 is 0 Å². The van der Waals surface area contributed by atoms with Gasteiger partial charge in [0.1, 0.15) is 5.69 Å². The van der Waals surface area contributed by atoms with Crippen molar-refractivity contribution in [1.29, 1.82) is 0 Å². The van der Waals surface area contributed by atoms with Crippen molar-refractivity contribution in [1.82, 2.24) is 9.69 Å². The highest BCUT2D eigenvalue weighted by Gasteiger charge is 2.17. The van der Waals surface area contributed by atoms with Gasteiger partial charge in [-0.1, -0.05) is 30.3 Å². The van der Waals surface area contributed by atoms with Crippen LogP contribution in [0.1, 0.15) is 34.2 Å². The highest BCUT2D eigenvalue weighted by Crippen LogP contribution is 2.24. The molecule has 0 aliphatic heterocycles. The summed E-state index contributed by atoms with van der Waals surface area (Å²) >= 11 is 1.28. The molecule has 27 heavy (non-hydrogen) atoms. The van der Waals surface area contributed by atoms with Crippen molar-refractivity contribution < 1.29 is 14.3 Å². The fourth-order valence-electron chi connectivity index (χ4n) is 2.64. The van der Waals surface area contributed by atoms with E-state index in [2.05, 4.69) is 15.0 Å². The number of hydrogen-bond acceptors (Lipinski definition) is 5. The molecule has 0 aliphatic rings. The van der Waals surface area contributed by atoms with Crippen LogP contribution >= 0.6 is 11.5 Å². The third-order valence-corrected chi connectivity index (χ3v) is 4.79. The Bertz CT molecular complexity index is 939. The molecule has 0 atom stereocenters. The molecule has 0 fully saturated rings. The molecule has 0 aliphatic carbocycles. The number of hydrogen-bond donors (Lipinski definition) is 2. The molecule has 140 valence electrons. The molecular formula is C20H21N3O3S. The lowest BCUT2D eigenvalue weighted by molar-refractivity contribution is 0.0945. The van der Waals surface area contributed by atoms with Gasteiger partial charge in [0, 0.05) is 25.1 Å². The largest absolute Gasteiger partial charge is 0.382 e. The van der Waals surface area contributed by atoms with Crippen LogP contribution in [0.4, 0.5) is 5.69 Å². The predicted octanol–water partition coefficient (Wildman–Crippen LogP) is 3.71. The van der Waals surface area contributed by atoms with Crippen molar-refractivity contribution in [2.24, 2.45) is 0 Å². The summed E-state index contributed by atoms with van der Waals surface area (Å²) in [4.78, 5) is 25.1. The molecule has 3 aromatic rings. The third-order valence-electron chi connectivity index (χ3n) is 3.97. The maximum Gasteiger partial charge on any atom is 0.276 e. The average Bonchev–Trinajstić information content (AvgIpc) is 3.12. The molecule has 0 bridgehead atoms. The number of para-hydroxylation sites is 1. The van der Waals surface area contributed by atoms with Crippen molar-refractivity contribution in [2.45, 2.75) is 13.3 Å². The van der Waals surface area contributed by atoms with E-state index in [-0.39, 0.29) is 11.8 Å². The molecule has 2 N–H and O–H groups in total. The number of rotatable bonds is 8. The minimum absolute atomic E-state index is 0.231. The molecule has 0 saturated heterocycles. The SMILES string of the molecule is CCOCCCNC(=O)c1ccccc1NC(=O)c1nsc2ccccc12. The lowest BCUT2D eigenvalue weighted by Gasteiger charge is -2.11. The van der Waals surface area contributed by atoms with E-state index >= 15 is 0 Å². The average molecular weight is 383 g/mol. The summed E-state index contributed by atoms with van der Waals surface area (Å²) in [7, 11) is 0. The van der Waals surface area contributed by atoms with E-state index in [0.29, 0.717) is 36.7 Å². The molecule has 7 heteroatoms. The van der Waals surface area contributed by atoms with Gasteiger partial charge in [-0.2, -0.15) is 4.37 Å². The van der Waals surface area contributed by atoms with Crippen LogP contribution < -0.4 is 10.6 Å². The van der Waals surface area contributed by atoms with Gasteiger partial charge in [0.2, 0.25) is 0 Å². The Morgan fingerprint density at radius 3 is 2.70 bits per heavy atom. The van der Waals surface area contributed by atoms with E-state index in [4.69, 9.17) is 4.74 Å². The molecular weight excluding hydrogens is 362 g/mol. The molecule has 0 saturated carbocycles. The van der Waals surface area contributed by atoms with Crippen LogP contribution in [-0.4, -0.2) is 35.9 Å². The summed E-state index contributed by atoms with van der Waals surface area (Å²) in [5, 5.41) is 6.47. The number of aromatic nitrogens is 1. The lowest BCUT2D eigenvalue weighted by atomic mass is 10.1.